The van der Waals surface area contributed by atoms with Gasteiger partial charge in [-0.1, -0.05) is 52.4 Å². The highest BCUT2D eigenvalue weighted by Gasteiger charge is 2.55. The Balaban J connectivity index is 1.29. The number of unbranched alkanes of at least 4 members (excludes halogenated alkanes) is 2. The molecule has 2 bridgehead atoms. The fourth-order valence-electron chi connectivity index (χ4n) is 9.56. The molecular weight excluding hydrogens is 312 g/mol. The van der Waals surface area contributed by atoms with Gasteiger partial charge < -0.3 is 0 Å². The maximum Gasteiger partial charge on any atom is -0.0324 e. The van der Waals surface area contributed by atoms with Crippen LogP contribution in [0.5, 0.6) is 0 Å². The zero-order valence-corrected chi connectivity index (χ0v) is 17.7. The molecule has 0 saturated heterocycles. The van der Waals surface area contributed by atoms with Gasteiger partial charge in [-0.2, -0.15) is 0 Å². The van der Waals surface area contributed by atoms with Crippen LogP contribution in [0.4, 0.5) is 0 Å². The minimum absolute atomic E-state index is 1.05. The first-order chi connectivity index (χ1) is 12.8. The van der Waals surface area contributed by atoms with Crippen molar-refractivity contribution in [2.24, 2.45) is 59.2 Å². The molecule has 26 heavy (non-hydrogen) atoms. The van der Waals surface area contributed by atoms with Crippen molar-refractivity contribution in [2.45, 2.75) is 104 Å². The van der Waals surface area contributed by atoms with Crippen molar-refractivity contribution >= 4 is 0 Å². The second kappa shape index (κ2) is 7.44. The lowest BCUT2D eigenvalue weighted by molar-refractivity contribution is 0.122. The minimum atomic E-state index is 1.05. The van der Waals surface area contributed by atoms with Crippen LogP contribution in [0, 0.1) is 59.2 Å². The average Bonchev–Trinajstić information content (AvgIpc) is 3.39. The summed E-state index contributed by atoms with van der Waals surface area (Å²) >= 11 is 0. The molecule has 0 aromatic rings. The van der Waals surface area contributed by atoms with E-state index in [4.69, 9.17) is 0 Å². The van der Waals surface area contributed by atoms with Gasteiger partial charge in [-0.3, -0.25) is 0 Å². The molecule has 0 heteroatoms. The monoisotopic (exact) mass is 356 g/mol. The summed E-state index contributed by atoms with van der Waals surface area (Å²) in [6, 6.07) is 0. The maximum absolute atomic E-state index is 2.63. The molecule has 5 fully saturated rings. The highest BCUT2D eigenvalue weighted by molar-refractivity contribution is 5.04. The fraction of sp³-hybridized carbons (Fsp3) is 1.00. The van der Waals surface area contributed by atoms with E-state index in [0.29, 0.717) is 0 Å². The zero-order valence-electron chi connectivity index (χ0n) is 17.7. The second-order valence-electron chi connectivity index (χ2n) is 11.6. The van der Waals surface area contributed by atoms with E-state index in [-0.39, 0.29) is 0 Å². The molecule has 5 aliphatic carbocycles. The van der Waals surface area contributed by atoms with Gasteiger partial charge in [-0.05, 0) is 111 Å². The van der Waals surface area contributed by atoms with Crippen molar-refractivity contribution in [1.82, 2.24) is 0 Å². The maximum atomic E-state index is 2.63. The molecule has 10 atom stereocenters. The van der Waals surface area contributed by atoms with Gasteiger partial charge in [0.25, 0.3) is 0 Å². The van der Waals surface area contributed by atoms with Crippen molar-refractivity contribution < 1.29 is 0 Å². The quantitative estimate of drug-likeness (QED) is 0.427. The predicted octanol–water partition coefficient (Wildman–Crippen LogP) is 7.72. The first kappa shape index (κ1) is 18.1. The van der Waals surface area contributed by atoms with Crippen LogP contribution in [0.2, 0.25) is 0 Å². The van der Waals surface area contributed by atoms with E-state index in [9.17, 15) is 0 Å². The molecule has 0 aliphatic heterocycles. The molecule has 0 radical (unpaired) electrons. The lowest BCUT2D eigenvalue weighted by Crippen LogP contribution is -2.29. The molecule has 5 rings (SSSR count). The minimum Gasteiger partial charge on any atom is -0.0654 e. The highest BCUT2D eigenvalue weighted by atomic mass is 14.6. The third-order valence-electron chi connectivity index (χ3n) is 10.5. The summed E-state index contributed by atoms with van der Waals surface area (Å²) in [5, 5.41) is 0. The van der Waals surface area contributed by atoms with E-state index in [2.05, 4.69) is 13.8 Å². The lowest BCUT2D eigenvalue weighted by atomic mass is 9.68. The standard InChI is InChI=1S/C26H44/c1-3-4-5-9-22-19-11-12-20(14-19)25(22)16-21-13-17(2)24-15-18-8-6-7-10-23(18)26(21)24/h17-26H,3-16H2,1-2H3. The molecule has 0 nitrogen and oxygen atoms in total. The van der Waals surface area contributed by atoms with Crippen LogP contribution in [0.3, 0.4) is 0 Å². The van der Waals surface area contributed by atoms with E-state index >= 15 is 0 Å². The van der Waals surface area contributed by atoms with Crippen LogP contribution in [0.15, 0.2) is 0 Å². The van der Waals surface area contributed by atoms with E-state index < -0.39 is 0 Å². The lowest BCUT2D eigenvalue weighted by Gasteiger charge is -2.37. The molecule has 0 amide bonds. The Bertz CT molecular complexity index is 480. The van der Waals surface area contributed by atoms with E-state index in [1.165, 1.54) is 19.3 Å². The van der Waals surface area contributed by atoms with Crippen molar-refractivity contribution in [3.63, 3.8) is 0 Å². The molecule has 10 unspecified atom stereocenters. The first-order valence-electron chi connectivity index (χ1n) is 12.8. The molecule has 0 aromatic heterocycles. The number of fused-ring (bicyclic) bond motifs is 5. The van der Waals surface area contributed by atoms with E-state index in [1.807, 2.05) is 0 Å². The summed E-state index contributed by atoms with van der Waals surface area (Å²) in [6.45, 7) is 5.01. The summed E-state index contributed by atoms with van der Waals surface area (Å²) < 4.78 is 0. The van der Waals surface area contributed by atoms with Gasteiger partial charge in [-0.25, -0.2) is 0 Å². The molecule has 148 valence electrons. The van der Waals surface area contributed by atoms with Gasteiger partial charge in [0.2, 0.25) is 0 Å². The van der Waals surface area contributed by atoms with Gasteiger partial charge in [0.1, 0.15) is 0 Å². The zero-order chi connectivity index (χ0) is 17.7. The Morgan fingerprint density at radius 3 is 2.38 bits per heavy atom. The van der Waals surface area contributed by atoms with Gasteiger partial charge in [0.15, 0.2) is 0 Å². The summed E-state index contributed by atoms with van der Waals surface area (Å²) in [7, 11) is 0. The Morgan fingerprint density at radius 2 is 1.54 bits per heavy atom. The largest absolute Gasteiger partial charge is 0.0654 e. The van der Waals surface area contributed by atoms with E-state index in [0.717, 1.165) is 59.2 Å². The number of rotatable bonds is 6. The summed E-state index contributed by atoms with van der Waals surface area (Å²) in [5.41, 5.74) is 0. The molecular formula is C26H44. The SMILES string of the molecule is CCCCCC1C2CCC(C2)C1CC1CC(C)C2CC3CCCCC3C12. The van der Waals surface area contributed by atoms with Gasteiger partial charge in [-0.15, -0.1) is 0 Å². The van der Waals surface area contributed by atoms with Gasteiger partial charge >= 0.3 is 0 Å². The normalized spacial score (nSPS) is 52.4. The summed E-state index contributed by atoms with van der Waals surface area (Å²) in [4.78, 5) is 0. The molecule has 5 saturated carbocycles. The molecule has 0 heterocycles. The van der Waals surface area contributed by atoms with E-state index in [1.54, 1.807) is 70.6 Å². The van der Waals surface area contributed by atoms with Gasteiger partial charge in [0, 0.05) is 0 Å². The van der Waals surface area contributed by atoms with Gasteiger partial charge in [0.05, 0.1) is 0 Å². The van der Waals surface area contributed by atoms with Crippen molar-refractivity contribution in [1.29, 1.82) is 0 Å². The fourth-order valence-corrected chi connectivity index (χ4v) is 9.56. The second-order valence-corrected chi connectivity index (χ2v) is 11.6. The Hall–Kier alpha value is 0. The first-order valence-corrected chi connectivity index (χ1v) is 12.8. The van der Waals surface area contributed by atoms with Crippen molar-refractivity contribution in [2.75, 3.05) is 0 Å². The van der Waals surface area contributed by atoms with Crippen molar-refractivity contribution in [3.8, 4) is 0 Å². The van der Waals surface area contributed by atoms with Crippen LogP contribution in [-0.4, -0.2) is 0 Å². The smallest absolute Gasteiger partial charge is 0.0324 e. The molecule has 0 aromatic carbocycles. The Morgan fingerprint density at radius 1 is 0.731 bits per heavy atom. The Kier molecular flexibility index (Phi) is 5.17. The van der Waals surface area contributed by atoms with Crippen LogP contribution >= 0.6 is 0 Å². The summed E-state index contributed by atoms with van der Waals surface area (Å²) in [5.74, 6) is 11.3. The van der Waals surface area contributed by atoms with Crippen molar-refractivity contribution in [3.05, 3.63) is 0 Å². The third-order valence-corrected chi connectivity index (χ3v) is 10.5. The summed E-state index contributed by atoms with van der Waals surface area (Å²) in [6.07, 6.45) is 22.0. The van der Waals surface area contributed by atoms with Crippen LogP contribution in [0.1, 0.15) is 104 Å². The number of hydrogen-bond acceptors (Lipinski definition) is 0. The van der Waals surface area contributed by atoms with Crippen LogP contribution < -0.4 is 0 Å². The molecule has 0 spiro atoms. The topological polar surface area (TPSA) is 0 Å². The molecule has 5 aliphatic rings. The Labute approximate surface area is 163 Å². The molecule has 0 N–H and O–H groups in total. The third kappa shape index (κ3) is 3.00. The number of hydrogen-bond donors (Lipinski definition) is 0. The van der Waals surface area contributed by atoms with Crippen LogP contribution in [0.25, 0.3) is 0 Å². The van der Waals surface area contributed by atoms with Crippen LogP contribution in [-0.2, 0) is 0 Å². The predicted molar refractivity (Wildman–Crippen MR) is 111 cm³/mol. The average molecular weight is 357 g/mol. The highest BCUT2D eigenvalue weighted by Crippen LogP contribution is 2.63.